The molecule has 0 amide bonds. The Bertz CT molecular complexity index is 6230. The van der Waals surface area contributed by atoms with Gasteiger partial charge >= 0.3 is 30.1 Å². The lowest BCUT2D eigenvalue weighted by Gasteiger charge is -2.33. The van der Waals surface area contributed by atoms with E-state index in [1.54, 1.807) is 52.0 Å². The van der Waals surface area contributed by atoms with Crippen LogP contribution in [0.2, 0.25) is 0 Å². The number of esters is 4. The molecule has 0 saturated heterocycles. The summed E-state index contributed by atoms with van der Waals surface area (Å²) >= 11 is 0. The standard InChI is InChI=1S/C101H85F3O8/c1-54(2)92(105)109-50-99(51-110-93(106)55(3)4)84-46-62(24-34-76(84)78-36-26-64(48-86(78)99)72-30-20-58-16-18-66-40-70(96(9,10)11)42-68-28-38-80(72)90(58)88(66)68)60-22-32-74-75-33-23-61(45-83(75)98(15,82(74)44-60)101(102,103)104)63-25-35-77-79-37-27-65(49-87(79)100(85(77)47-63,52-111-94(107)56(5)6)53-112-95(108)57(7)8)73-31-21-59-17-19-67-41-71(97(12,13)14)43-69-29-39-81(73)91(59)89(67)69/h16-40,42-49,69H,1,3,5,7,41,50-53H2,2,4,6,8-15H3. The second-order valence-corrected chi connectivity index (χ2v) is 34.0. The highest BCUT2D eigenvalue weighted by Gasteiger charge is 2.59. The smallest absolute Gasteiger partial charge is 0.402 e. The summed E-state index contributed by atoms with van der Waals surface area (Å²) in [7, 11) is 0. The van der Waals surface area contributed by atoms with Gasteiger partial charge in [0.05, 0.1) is 10.8 Å². The Morgan fingerprint density at radius 2 is 0.750 bits per heavy atom. The summed E-state index contributed by atoms with van der Waals surface area (Å²) in [5, 5.41) is 9.09. The third kappa shape index (κ3) is 11.4. The summed E-state index contributed by atoms with van der Waals surface area (Å²) in [4.78, 5) is 55.0. The van der Waals surface area contributed by atoms with Crippen LogP contribution >= 0.6 is 0 Å². The van der Waals surface area contributed by atoms with Crippen LogP contribution in [-0.4, -0.2) is 56.5 Å². The van der Waals surface area contributed by atoms with Gasteiger partial charge in [-0.25, -0.2) is 19.2 Å². The molecule has 0 N–H and O–H groups in total. The first-order chi connectivity index (χ1) is 53.2. The third-order valence-corrected chi connectivity index (χ3v) is 24.5. The van der Waals surface area contributed by atoms with Crippen molar-refractivity contribution in [2.45, 2.75) is 116 Å². The van der Waals surface area contributed by atoms with Crippen molar-refractivity contribution in [2.75, 3.05) is 26.4 Å². The molecule has 2 atom stereocenters. The van der Waals surface area contributed by atoms with Gasteiger partial charge in [-0.3, -0.25) is 0 Å². The van der Waals surface area contributed by atoms with E-state index in [9.17, 15) is 19.2 Å². The maximum atomic E-state index is 16.9. The highest BCUT2D eigenvalue weighted by atomic mass is 19.4. The molecule has 12 aromatic rings. The van der Waals surface area contributed by atoms with Gasteiger partial charge in [0.15, 0.2) is 0 Å². The predicted octanol–water partition coefficient (Wildman–Crippen LogP) is 24.2. The van der Waals surface area contributed by atoms with E-state index in [0.29, 0.717) is 44.5 Å². The van der Waals surface area contributed by atoms with Crippen molar-refractivity contribution >= 4 is 73.0 Å². The average molecular weight is 1480 g/mol. The lowest BCUT2D eigenvalue weighted by atomic mass is 9.71. The maximum absolute atomic E-state index is 16.9. The van der Waals surface area contributed by atoms with Gasteiger partial charge in [0.2, 0.25) is 0 Å². The summed E-state index contributed by atoms with van der Waals surface area (Å²) in [6.45, 7) is 35.4. The fourth-order valence-electron chi connectivity index (χ4n) is 18.2. The van der Waals surface area contributed by atoms with Crippen LogP contribution in [-0.2, 0) is 66.2 Å². The molecule has 8 nitrogen and oxygen atoms in total. The van der Waals surface area contributed by atoms with Crippen molar-refractivity contribution in [1.29, 1.82) is 0 Å². The molecule has 0 saturated carbocycles. The molecule has 0 spiro atoms. The molecule has 2 unspecified atom stereocenters. The van der Waals surface area contributed by atoms with Gasteiger partial charge in [-0.1, -0.05) is 237 Å². The van der Waals surface area contributed by atoms with Crippen LogP contribution in [0.4, 0.5) is 13.2 Å². The fourth-order valence-corrected chi connectivity index (χ4v) is 18.2. The largest absolute Gasteiger partial charge is 0.461 e. The van der Waals surface area contributed by atoms with E-state index in [1.165, 1.54) is 40.0 Å². The Labute approximate surface area is 650 Å². The number of halogens is 3. The average Bonchev–Trinajstić information content (AvgIpc) is 1.50. The Balaban J connectivity index is 0.762. The van der Waals surface area contributed by atoms with Crippen LogP contribution in [0.1, 0.15) is 138 Å². The van der Waals surface area contributed by atoms with Gasteiger partial charge in [-0.2, -0.15) is 13.2 Å². The minimum absolute atomic E-state index is 0.00703. The molecule has 558 valence electrons. The molecule has 0 aliphatic heterocycles. The molecule has 11 heteroatoms. The summed E-state index contributed by atoms with van der Waals surface area (Å²) in [6, 6.07) is 60.8. The third-order valence-electron chi connectivity index (χ3n) is 24.5. The summed E-state index contributed by atoms with van der Waals surface area (Å²) < 4.78 is 75.5. The molecular weight excluding hydrogens is 1400 g/mol. The van der Waals surface area contributed by atoms with Gasteiger partial charge in [-0.05, 0) is 265 Å². The summed E-state index contributed by atoms with van der Waals surface area (Å²) in [5.74, 6) is -2.48. The first kappa shape index (κ1) is 72.9. The zero-order valence-corrected chi connectivity index (χ0v) is 64.9. The number of carbonyl (C=O) groups is 4. The number of benzene rings is 12. The van der Waals surface area contributed by atoms with E-state index >= 15 is 13.2 Å². The van der Waals surface area contributed by atoms with E-state index in [2.05, 4.69) is 189 Å². The van der Waals surface area contributed by atoms with Gasteiger partial charge in [0, 0.05) is 28.2 Å². The van der Waals surface area contributed by atoms with E-state index in [0.717, 1.165) is 99.9 Å². The Kier molecular flexibility index (Phi) is 16.8. The van der Waals surface area contributed by atoms with Crippen LogP contribution in [0.15, 0.2) is 248 Å². The highest BCUT2D eigenvalue weighted by Crippen LogP contribution is 2.60. The van der Waals surface area contributed by atoms with Crippen molar-refractivity contribution in [3.05, 3.63) is 304 Å². The van der Waals surface area contributed by atoms with Crippen LogP contribution in [0.3, 0.4) is 0 Å². The lowest BCUT2D eigenvalue weighted by Crippen LogP contribution is -2.39. The van der Waals surface area contributed by atoms with E-state index in [-0.39, 0.29) is 76.6 Å². The molecule has 17 rings (SSSR count). The topological polar surface area (TPSA) is 105 Å². The second-order valence-electron chi connectivity index (χ2n) is 34.0. The first-order valence-electron chi connectivity index (χ1n) is 38.1. The van der Waals surface area contributed by atoms with Crippen LogP contribution < -0.4 is 0 Å². The minimum Gasteiger partial charge on any atom is -0.461 e. The highest BCUT2D eigenvalue weighted by molar-refractivity contribution is 6.26. The maximum Gasteiger partial charge on any atom is 0.402 e. The zero-order valence-electron chi connectivity index (χ0n) is 64.9. The number of carbonyl (C=O) groups excluding carboxylic acids is 4. The molecular formula is C101H85F3O8. The van der Waals surface area contributed by atoms with Gasteiger partial charge in [-0.15, -0.1) is 0 Å². The SMILES string of the molecule is C=C(C)C(=O)OCC1(COC(=O)C(=C)C)c2cc(-c3ccc4c(c3)C(C)(C(F)(F)F)c3cc(-c5ccc6c(c5)C(COC(=O)C(=C)C)(COC(=O)C(=C)C)c5cc(-c7ccc8ccc9cc(C(C)(C)C)cc%10ccc7c8c9%10)ccc5-6)ccc3-4)ccc2-c2ccc(-c3ccc4ccc5c6c4c3C=CC6C=C(C(C)(C)C)C5)cc21. The fraction of sp³-hybridized carbons (Fsp3) is 0.228. The van der Waals surface area contributed by atoms with Crippen molar-refractivity contribution < 1.29 is 51.3 Å². The normalized spacial score (nSPS) is 16.4. The molecule has 12 aromatic carbocycles. The van der Waals surface area contributed by atoms with Crippen LogP contribution in [0, 0.1) is 5.41 Å². The molecule has 0 heterocycles. The van der Waals surface area contributed by atoms with Crippen molar-refractivity contribution in [3.63, 3.8) is 0 Å². The lowest BCUT2D eigenvalue weighted by molar-refractivity contribution is -0.172. The Morgan fingerprint density at radius 1 is 0.402 bits per heavy atom. The molecule has 0 bridgehead atoms. The van der Waals surface area contributed by atoms with Crippen molar-refractivity contribution in [2.24, 2.45) is 5.41 Å². The summed E-state index contributed by atoms with van der Waals surface area (Å²) in [6.07, 6.45) is 2.97. The predicted molar refractivity (Wildman–Crippen MR) is 445 cm³/mol. The second kappa shape index (κ2) is 25.8. The van der Waals surface area contributed by atoms with Gasteiger partial charge in [0.25, 0.3) is 0 Å². The zero-order chi connectivity index (χ0) is 78.9. The number of hydrogen-bond donors (Lipinski definition) is 0. The molecule has 5 aliphatic rings. The van der Waals surface area contributed by atoms with Gasteiger partial charge in [0.1, 0.15) is 31.8 Å². The number of fused-ring (bicyclic) bond motifs is 9. The van der Waals surface area contributed by atoms with E-state index < -0.39 is 46.3 Å². The molecule has 0 fully saturated rings. The monoisotopic (exact) mass is 1480 g/mol. The number of rotatable bonds is 16. The Hall–Kier alpha value is -12.0. The summed E-state index contributed by atoms with van der Waals surface area (Å²) in [5.41, 5.74) is 14.4. The van der Waals surface area contributed by atoms with E-state index in [4.69, 9.17) is 18.9 Å². The molecule has 112 heavy (non-hydrogen) atoms. The quantitative estimate of drug-likeness (QED) is 0.0310. The minimum atomic E-state index is -4.83. The van der Waals surface area contributed by atoms with E-state index in [1.807, 2.05) is 54.6 Å². The Morgan fingerprint density at radius 3 is 1.17 bits per heavy atom. The number of ether oxygens (including phenoxy) is 4. The van der Waals surface area contributed by atoms with Crippen LogP contribution in [0.25, 0.3) is 127 Å². The van der Waals surface area contributed by atoms with Crippen molar-refractivity contribution in [3.8, 4) is 77.9 Å². The number of alkyl halides is 3. The van der Waals surface area contributed by atoms with Crippen molar-refractivity contribution in [1.82, 2.24) is 0 Å². The molecule has 5 aliphatic carbocycles. The number of hydrogen-bond acceptors (Lipinski definition) is 8. The van der Waals surface area contributed by atoms with Gasteiger partial charge < -0.3 is 18.9 Å². The van der Waals surface area contributed by atoms with Crippen LogP contribution in [0.5, 0.6) is 0 Å². The number of allylic oxidation sites excluding steroid dienone is 3. The molecule has 0 radical (unpaired) electrons. The molecule has 0 aromatic heterocycles. The first-order valence-corrected chi connectivity index (χ1v) is 38.1.